The van der Waals surface area contributed by atoms with Crippen LogP contribution in [0.2, 0.25) is 0 Å². The summed E-state index contributed by atoms with van der Waals surface area (Å²) < 4.78 is 10.7. The smallest absolute Gasteiger partial charge is 0.119 e. The Morgan fingerprint density at radius 3 is 2.89 bits per heavy atom. The molecule has 2 heterocycles. The van der Waals surface area contributed by atoms with Crippen molar-refractivity contribution < 1.29 is 9.47 Å². The SMILES string of the molecule is COc1ccc2c(c1)CCN(CC1CCOCC1)C2. The van der Waals surface area contributed by atoms with Gasteiger partial charge in [0.1, 0.15) is 5.75 Å². The normalized spacial score (nSPS) is 21.1. The van der Waals surface area contributed by atoms with Crippen LogP contribution in [0, 0.1) is 5.92 Å². The molecule has 0 radical (unpaired) electrons. The van der Waals surface area contributed by atoms with Crippen molar-refractivity contribution in [3.05, 3.63) is 29.3 Å². The summed E-state index contributed by atoms with van der Waals surface area (Å²) in [6, 6.07) is 6.50. The number of benzene rings is 1. The molecule has 0 unspecified atom stereocenters. The number of rotatable bonds is 3. The van der Waals surface area contributed by atoms with Crippen LogP contribution in [0.4, 0.5) is 0 Å². The predicted octanol–water partition coefficient (Wildman–Crippen LogP) is 2.48. The highest BCUT2D eigenvalue weighted by Crippen LogP contribution is 2.25. The fourth-order valence-corrected chi connectivity index (χ4v) is 3.16. The molecule has 0 amide bonds. The molecule has 104 valence electrons. The predicted molar refractivity (Wildman–Crippen MR) is 75.5 cm³/mol. The highest BCUT2D eigenvalue weighted by Gasteiger charge is 2.21. The molecule has 0 spiro atoms. The Morgan fingerprint density at radius 2 is 2.11 bits per heavy atom. The van der Waals surface area contributed by atoms with Gasteiger partial charge in [0.25, 0.3) is 0 Å². The van der Waals surface area contributed by atoms with E-state index in [0.717, 1.165) is 37.8 Å². The maximum absolute atomic E-state index is 5.44. The van der Waals surface area contributed by atoms with Gasteiger partial charge in [0.15, 0.2) is 0 Å². The first kappa shape index (κ1) is 12.9. The number of methoxy groups -OCH3 is 1. The Hall–Kier alpha value is -1.06. The molecule has 3 heteroatoms. The molecule has 19 heavy (non-hydrogen) atoms. The fraction of sp³-hybridized carbons (Fsp3) is 0.625. The molecule has 2 aliphatic rings. The van der Waals surface area contributed by atoms with Crippen molar-refractivity contribution in [1.82, 2.24) is 4.90 Å². The van der Waals surface area contributed by atoms with Gasteiger partial charge in [-0.3, -0.25) is 4.90 Å². The first-order valence-corrected chi connectivity index (χ1v) is 7.31. The highest BCUT2D eigenvalue weighted by atomic mass is 16.5. The second-order valence-electron chi connectivity index (χ2n) is 5.68. The van der Waals surface area contributed by atoms with Crippen molar-refractivity contribution in [2.24, 2.45) is 5.92 Å². The van der Waals surface area contributed by atoms with Crippen LogP contribution in [0.15, 0.2) is 18.2 Å². The van der Waals surface area contributed by atoms with Gasteiger partial charge >= 0.3 is 0 Å². The standard InChI is InChI=1S/C16H23NO2/c1-18-16-3-2-15-12-17(7-4-14(15)10-16)11-13-5-8-19-9-6-13/h2-3,10,13H,4-9,11-12H2,1H3. The van der Waals surface area contributed by atoms with Crippen molar-refractivity contribution in [2.45, 2.75) is 25.8 Å². The largest absolute Gasteiger partial charge is 0.497 e. The van der Waals surface area contributed by atoms with E-state index in [1.807, 2.05) is 0 Å². The fourth-order valence-electron chi connectivity index (χ4n) is 3.16. The second-order valence-corrected chi connectivity index (χ2v) is 5.68. The third kappa shape index (κ3) is 3.10. The molecule has 1 saturated heterocycles. The maximum atomic E-state index is 5.44. The first-order valence-electron chi connectivity index (χ1n) is 7.31. The van der Waals surface area contributed by atoms with E-state index in [9.17, 15) is 0 Å². The van der Waals surface area contributed by atoms with Crippen LogP contribution in [-0.2, 0) is 17.7 Å². The number of hydrogen-bond donors (Lipinski definition) is 0. The van der Waals surface area contributed by atoms with E-state index in [2.05, 4.69) is 23.1 Å². The Kier molecular flexibility index (Phi) is 4.04. The number of ether oxygens (including phenoxy) is 2. The minimum atomic E-state index is 0.827. The van der Waals surface area contributed by atoms with Crippen LogP contribution < -0.4 is 4.74 Å². The van der Waals surface area contributed by atoms with Crippen LogP contribution in [0.5, 0.6) is 5.75 Å². The summed E-state index contributed by atoms with van der Waals surface area (Å²) in [6.07, 6.45) is 3.60. The van der Waals surface area contributed by atoms with Crippen LogP contribution in [0.25, 0.3) is 0 Å². The van der Waals surface area contributed by atoms with Crippen LogP contribution in [0.1, 0.15) is 24.0 Å². The van der Waals surface area contributed by atoms with Gasteiger partial charge in [-0.15, -0.1) is 0 Å². The average Bonchev–Trinajstić information content (AvgIpc) is 2.48. The van der Waals surface area contributed by atoms with Gasteiger partial charge < -0.3 is 9.47 Å². The monoisotopic (exact) mass is 261 g/mol. The first-order chi connectivity index (χ1) is 9.35. The maximum Gasteiger partial charge on any atom is 0.119 e. The van der Waals surface area contributed by atoms with Crippen LogP contribution in [0.3, 0.4) is 0 Å². The van der Waals surface area contributed by atoms with Crippen LogP contribution in [-0.4, -0.2) is 38.3 Å². The summed E-state index contributed by atoms with van der Waals surface area (Å²) in [6.45, 7) is 5.40. The van der Waals surface area contributed by atoms with Crippen molar-refractivity contribution in [1.29, 1.82) is 0 Å². The Balaban J connectivity index is 1.61. The van der Waals surface area contributed by atoms with Gasteiger partial charge in [0.05, 0.1) is 7.11 Å². The minimum Gasteiger partial charge on any atom is -0.497 e. The lowest BCUT2D eigenvalue weighted by atomic mass is 9.95. The van der Waals surface area contributed by atoms with E-state index in [4.69, 9.17) is 9.47 Å². The topological polar surface area (TPSA) is 21.7 Å². The van der Waals surface area contributed by atoms with Crippen molar-refractivity contribution in [2.75, 3.05) is 33.4 Å². The van der Waals surface area contributed by atoms with E-state index in [1.165, 1.54) is 37.1 Å². The highest BCUT2D eigenvalue weighted by molar-refractivity contribution is 5.37. The third-order valence-corrected chi connectivity index (χ3v) is 4.36. The molecule has 3 rings (SSSR count). The molecule has 1 fully saturated rings. The molecule has 0 N–H and O–H groups in total. The van der Waals surface area contributed by atoms with E-state index in [1.54, 1.807) is 7.11 Å². The molecule has 0 aliphatic carbocycles. The minimum absolute atomic E-state index is 0.827. The molecule has 1 aromatic carbocycles. The number of hydrogen-bond acceptors (Lipinski definition) is 3. The Labute approximate surface area is 115 Å². The van der Waals surface area contributed by atoms with Crippen molar-refractivity contribution in [3.63, 3.8) is 0 Å². The second kappa shape index (κ2) is 5.93. The third-order valence-electron chi connectivity index (χ3n) is 4.36. The number of nitrogens with zero attached hydrogens (tertiary/aromatic N) is 1. The molecule has 0 saturated carbocycles. The molecule has 0 aromatic heterocycles. The van der Waals surface area contributed by atoms with Gasteiger partial charge in [0.2, 0.25) is 0 Å². The summed E-state index contributed by atoms with van der Waals surface area (Å²) in [7, 11) is 1.74. The quantitative estimate of drug-likeness (QED) is 0.834. The van der Waals surface area contributed by atoms with Gasteiger partial charge in [-0.25, -0.2) is 0 Å². The van der Waals surface area contributed by atoms with Gasteiger partial charge in [-0.1, -0.05) is 6.07 Å². The van der Waals surface area contributed by atoms with E-state index >= 15 is 0 Å². The summed E-state index contributed by atoms with van der Waals surface area (Å²) in [5.41, 5.74) is 2.93. The van der Waals surface area contributed by atoms with E-state index in [-0.39, 0.29) is 0 Å². The number of fused-ring (bicyclic) bond motifs is 1. The summed E-state index contributed by atoms with van der Waals surface area (Å²) in [5.74, 6) is 1.81. The van der Waals surface area contributed by atoms with Crippen LogP contribution >= 0.6 is 0 Å². The molecule has 1 aromatic rings. The molecule has 3 nitrogen and oxygen atoms in total. The summed E-state index contributed by atoms with van der Waals surface area (Å²) in [5, 5.41) is 0. The molecular formula is C16H23NO2. The van der Waals surface area contributed by atoms with Gasteiger partial charge in [-0.2, -0.15) is 0 Å². The zero-order valence-electron chi connectivity index (χ0n) is 11.7. The zero-order valence-corrected chi connectivity index (χ0v) is 11.7. The molecule has 0 bridgehead atoms. The molecule has 0 atom stereocenters. The lowest BCUT2D eigenvalue weighted by molar-refractivity contribution is 0.0506. The Morgan fingerprint density at radius 1 is 1.26 bits per heavy atom. The lowest BCUT2D eigenvalue weighted by Crippen LogP contribution is -2.36. The van der Waals surface area contributed by atoms with Gasteiger partial charge in [-0.05, 0) is 48.4 Å². The molecule has 2 aliphatic heterocycles. The van der Waals surface area contributed by atoms with Crippen molar-refractivity contribution in [3.8, 4) is 5.75 Å². The summed E-state index contributed by atoms with van der Waals surface area (Å²) >= 11 is 0. The van der Waals surface area contributed by atoms with E-state index < -0.39 is 0 Å². The zero-order chi connectivity index (χ0) is 13.1. The Bertz CT molecular complexity index is 427. The average molecular weight is 261 g/mol. The van der Waals surface area contributed by atoms with E-state index in [0.29, 0.717) is 0 Å². The van der Waals surface area contributed by atoms with Gasteiger partial charge in [0, 0.05) is 32.8 Å². The molecular weight excluding hydrogens is 238 g/mol. The lowest BCUT2D eigenvalue weighted by Gasteiger charge is -2.33. The summed E-state index contributed by atoms with van der Waals surface area (Å²) in [4.78, 5) is 2.60. The van der Waals surface area contributed by atoms with Crippen molar-refractivity contribution >= 4 is 0 Å².